The summed E-state index contributed by atoms with van der Waals surface area (Å²) in [6.07, 6.45) is 7.55. The van der Waals surface area contributed by atoms with E-state index >= 15 is 0 Å². The zero-order valence-corrected chi connectivity index (χ0v) is 18.4. The largest absolute Gasteiger partial charge is 0.343 e. The van der Waals surface area contributed by atoms with Crippen molar-refractivity contribution in [2.45, 2.75) is 52.0 Å². The molecule has 0 atom stereocenters. The van der Waals surface area contributed by atoms with Gasteiger partial charge in [0.05, 0.1) is 0 Å². The van der Waals surface area contributed by atoms with Gasteiger partial charge in [-0.1, -0.05) is 0 Å². The molecule has 1 saturated carbocycles. The van der Waals surface area contributed by atoms with Gasteiger partial charge >= 0.3 is 0 Å². The molecular formula is C22H30N8O. The van der Waals surface area contributed by atoms with Gasteiger partial charge in [-0.25, -0.2) is 4.52 Å². The van der Waals surface area contributed by atoms with Gasteiger partial charge in [-0.15, -0.1) is 5.10 Å². The molecule has 164 valence electrons. The van der Waals surface area contributed by atoms with E-state index in [4.69, 9.17) is 10.1 Å². The molecule has 2 fully saturated rings. The Bertz CT molecular complexity index is 1090. The van der Waals surface area contributed by atoms with Crippen LogP contribution in [0.2, 0.25) is 0 Å². The number of hydrogen-bond acceptors (Lipinski definition) is 6. The first-order valence-electron chi connectivity index (χ1n) is 11.1. The summed E-state index contributed by atoms with van der Waals surface area (Å²) in [6, 6.07) is 6.32. The lowest BCUT2D eigenvalue weighted by Gasteiger charge is -2.40. The molecule has 1 aliphatic carbocycles. The van der Waals surface area contributed by atoms with Crippen molar-refractivity contribution < 1.29 is 4.79 Å². The summed E-state index contributed by atoms with van der Waals surface area (Å²) in [5.74, 6) is 2.41. The Balaban J connectivity index is 1.34. The first-order valence-corrected chi connectivity index (χ1v) is 11.1. The smallest absolute Gasteiger partial charge is 0.245 e. The van der Waals surface area contributed by atoms with Gasteiger partial charge in [-0.3, -0.25) is 9.89 Å². The number of rotatable bonds is 4. The third kappa shape index (κ3) is 3.73. The predicted molar refractivity (Wildman–Crippen MR) is 120 cm³/mol. The molecule has 5 rings (SSSR count). The number of aryl methyl sites for hydroxylation is 1. The molecule has 1 saturated heterocycles. The maximum atomic E-state index is 11.7. The fraction of sp³-hybridized carbons (Fsp3) is 0.545. The van der Waals surface area contributed by atoms with Crippen LogP contribution in [0.4, 0.5) is 17.6 Å². The van der Waals surface area contributed by atoms with Crippen LogP contribution in [-0.4, -0.2) is 61.8 Å². The van der Waals surface area contributed by atoms with Crippen molar-refractivity contribution >= 4 is 29.0 Å². The highest BCUT2D eigenvalue weighted by Crippen LogP contribution is 2.45. The zero-order valence-electron chi connectivity index (χ0n) is 18.4. The van der Waals surface area contributed by atoms with Crippen LogP contribution in [0, 0.1) is 12.3 Å². The van der Waals surface area contributed by atoms with Crippen molar-refractivity contribution in [3.8, 4) is 0 Å². The number of carbonyl (C=O) groups excluding carboxylic acids is 1. The van der Waals surface area contributed by atoms with Gasteiger partial charge in [0, 0.05) is 51.1 Å². The number of carbonyl (C=O) groups is 1. The van der Waals surface area contributed by atoms with E-state index in [0.29, 0.717) is 11.5 Å². The number of nitrogens with one attached hydrogen (secondary N) is 2. The minimum atomic E-state index is 0.162. The summed E-state index contributed by atoms with van der Waals surface area (Å²) in [5, 5.41) is 15.4. The Morgan fingerprint density at radius 2 is 2.13 bits per heavy atom. The molecule has 31 heavy (non-hydrogen) atoms. The predicted octanol–water partition coefficient (Wildman–Crippen LogP) is 3.12. The number of H-pyrrole nitrogens is 1. The molecule has 0 unspecified atom stereocenters. The molecule has 9 heteroatoms. The van der Waals surface area contributed by atoms with Gasteiger partial charge in [-0.05, 0) is 56.6 Å². The van der Waals surface area contributed by atoms with Crippen molar-refractivity contribution in [3.63, 3.8) is 0 Å². The summed E-state index contributed by atoms with van der Waals surface area (Å²) in [7, 11) is 1.93. The minimum absolute atomic E-state index is 0.162. The van der Waals surface area contributed by atoms with Crippen molar-refractivity contribution in [2.24, 2.45) is 5.41 Å². The van der Waals surface area contributed by atoms with E-state index in [9.17, 15) is 4.79 Å². The molecule has 9 nitrogen and oxygen atoms in total. The van der Waals surface area contributed by atoms with Gasteiger partial charge in [0.2, 0.25) is 11.9 Å². The van der Waals surface area contributed by atoms with Crippen molar-refractivity contribution in [2.75, 3.05) is 30.4 Å². The zero-order chi connectivity index (χ0) is 21.6. The number of anilines is 3. The molecule has 1 amide bonds. The summed E-state index contributed by atoms with van der Waals surface area (Å²) in [5.41, 5.74) is 2.22. The Morgan fingerprint density at radius 1 is 1.32 bits per heavy atom. The third-order valence-electron chi connectivity index (χ3n) is 7.11. The monoisotopic (exact) mass is 422 g/mol. The lowest BCUT2D eigenvalue weighted by Crippen LogP contribution is -2.42. The van der Waals surface area contributed by atoms with Crippen molar-refractivity contribution in [3.05, 3.63) is 30.1 Å². The first kappa shape index (κ1) is 19.8. The van der Waals surface area contributed by atoms with Crippen LogP contribution in [0.25, 0.3) is 5.52 Å². The summed E-state index contributed by atoms with van der Waals surface area (Å²) >= 11 is 0. The Kier molecular flexibility index (Phi) is 4.83. The standard InChI is InChI=1S/C22H30N8O/c1-15-13-19(26-25-15)23-20-18-5-4-11-30(18)27-21(24-20)29-12-10-22(14-29)8-6-17(7-9-22)28(3)16(2)31/h4-5,11,13,17H,6-10,12,14H2,1-3H3,(H2,23,24,25,26,27). The van der Waals surface area contributed by atoms with Crippen LogP contribution >= 0.6 is 0 Å². The van der Waals surface area contributed by atoms with Gasteiger partial charge < -0.3 is 15.1 Å². The average Bonchev–Trinajstić information content (AvgIpc) is 3.48. The number of hydrogen-bond donors (Lipinski definition) is 2. The minimum Gasteiger partial charge on any atom is -0.343 e. The second kappa shape index (κ2) is 7.55. The summed E-state index contributed by atoms with van der Waals surface area (Å²) < 4.78 is 1.88. The van der Waals surface area contributed by atoms with Gasteiger partial charge in [-0.2, -0.15) is 10.1 Å². The van der Waals surface area contributed by atoms with E-state index in [1.54, 1.807) is 6.92 Å². The van der Waals surface area contributed by atoms with E-state index in [-0.39, 0.29) is 5.91 Å². The van der Waals surface area contributed by atoms with Gasteiger partial charge in [0.25, 0.3) is 0 Å². The fourth-order valence-corrected chi connectivity index (χ4v) is 5.13. The second-order valence-corrected chi connectivity index (χ2v) is 9.19. The molecule has 0 bridgehead atoms. The summed E-state index contributed by atoms with van der Waals surface area (Å²) in [4.78, 5) is 20.8. The SMILES string of the molecule is CC(=O)N(C)C1CCC2(CC1)CCN(c1nc(Nc3cc(C)[nH]n3)c3cccn3n1)C2. The molecule has 3 aromatic rings. The van der Waals surface area contributed by atoms with Crippen LogP contribution < -0.4 is 10.2 Å². The highest BCUT2D eigenvalue weighted by Gasteiger charge is 2.42. The van der Waals surface area contributed by atoms with Crippen LogP contribution in [0.15, 0.2) is 24.4 Å². The van der Waals surface area contributed by atoms with E-state index < -0.39 is 0 Å². The van der Waals surface area contributed by atoms with Gasteiger partial charge in [0.15, 0.2) is 11.6 Å². The number of amides is 1. The van der Waals surface area contributed by atoms with E-state index in [2.05, 4.69) is 20.4 Å². The Morgan fingerprint density at radius 3 is 2.84 bits per heavy atom. The molecule has 0 radical (unpaired) electrons. The average molecular weight is 423 g/mol. The van der Waals surface area contributed by atoms with Crippen LogP contribution in [0.5, 0.6) is 0 Å². The normalized spacial score (nSPS) is 23.6. The molecule has 2 N–H and O–H groups in total. The molecule has 3 aromatic heterocycles. The van der Waals surface area contributed by atoms with Crippen LogP contribution in [0.1, 0.15) is 44.7 Å². The number of aromatic amines is 1. The first-order chi connectivity index (χ1) is 14.9. The summed E-state index contributed by atoms with van der Waals surface area (Å²) in [6.45, 7) is 5.56. The van der Waals surface area contributed by atoms with Crippen molar-refractivity contribution in [1.29, 1.82) is 0 Å². The second-order valence-electron chi connectivity index (χ2n) is 9.19. The molecule has 1 spiro atoms. The third-order valence-corrected chi connectivity index (χ3v) is 7.11. The molecule has 1 aliphatic heterocycles. The lowest BCUT2D eigenvalue weighted by molar-refractivity contribution is -0.130. The van der Waals surface area contributed by atoms with E-state index in [1.165, 1.54) is 0 Å². The van der Waals surface area contributed by atoms with E-state index in [0.717, 1.165) is 74.0 Å². The maximum absolute atomic E-state index is 11.7. The fourth-order valence-electron chi connectivity index (χ4n) is 5.13. The topological polar surface area (TPSA) is 94.5 Å². The number of fused-ring (bicyclic) bond motifs is 1. The number of nitrogens with zero attached hydrogens (tertiary/aromatic N) is 6. The lowest BCUT2D eigenvalue weighted by atomic mass is 9.71. The van der Waals surface area contributed by atoms with E-state index in [1.807, 2.05) is 47.8 Å². The molecular weight excluding hydrogens is 392 g/mol. The molecule has 4 heterocycles. The number of aromatic nitrogens is 5. The Labute approximate surface area is 181 Å². The van der Waals surface area contributed by atoms with Crippen LogP contribution in [-0.2, 0) is 4.79 Å². The quantitative estimate of drug-likeness (QED) is 0.671. The molecule has 0 aromatic carbocycles. The van der Waals surface area contributed by atoms with Crippen molar-refractivity contribution in [1.82, 2.24) is 29.7 Å². The highest BCUT2D eigenvalue weighted by molar-refractivity contribution is 5.73. The van der Waals surface area contributed by atoms with Gasteiger partial charge in [0.1, 0.15) is 5.52 Å². The Hall–Kier alpha value is -3.10. The van der Waals surface area contributed by atoms with Crippen LogP contribution in [0.3, 0.4) is 0 Å². The molecule has 2 aliphatic rings. The highest BCUT2D eigenvalue weighted by atomic mass is 16.2. The maximum Gasteiger partial charge on any atom is 0.245 e.